The summed E-state index contributed by atoms with van der Waals surface area (Å²) in [5.74, 6) is 0.691. The Balaban J connectivity index is 1.54. The van der Waals surface area contributed by atoms with Crippen molar-refractivity contribution in [2.24, 2.45) is 0 Å². The number of aromatic nitrogens is 3. The molecule has 7 nitrogen and oxygen atoms in total. The lowest BCUT2D eigenvalue weighted by Gasteiger charge is -2.28. The van der Waals surface area contributed by atoms with Gasteiger partial charge in [-0.05, 0) is 63.5 Å². The molecule has 1 amide bonds. The molecule has 3 aromatic rings. The highest BCUT2D eigenvalue weighted by molar-refractivity contribution is 5.99. The standard InChI is InChI=1S/C22H27N5O2/c1-15-12-16(2)27-21(25-15)19(13-24-27)22(28)23-14-20(26-10-4-5-11-26)17-6-8-18(29-3)9-7-17/h6-9,12-13,20H,4-5,10-11,14H2,1-3H3,(H,23,28)/t20-/m1/s1. The molecule has 29 heavy (non-hydrogen) atoms. The topological polar surface area (TPSA) is 71.8 Å². The fourth-order valence-corrected chi connectivity index (χ4v) is 4.05. The van der Waals surface area contributed by atoms with Crippen LogP contribution in [0.1, 0.15) is 46.2 Å². The van der Waals surface area contributed by atoms with Crippen molar-refractivity contribution in [1.82, 2.24) is 24.8 Å². The van der Waals surface area contributed by atoms with E-state index < -0.39 is 0 Å². The molecule has 0 aliphatic carbocycles. The zero-order chi connectivity index (χ0) is 20.4. The molecule has 1 saturated heterocycles. The van der Waals surface area contributed by atoms with E-state index in [0.29, 0.717) is 17.8 Å². The van der Waals surface area contributed by atoms with Crippen LogP contribution in [-0.2, 0) is 0 Å². The minimum Gasteiger partial charge on any atom is -0.497 e. The van der Waals surface area contributed by atoms with Crippen molar-refractivity contribution in [1.29, 1.82) is 0 Å². The van der Waals surface area contributed by atoms with Crippen molar-refractivity contribution < 1.29 is 9.53 Å². The van der Waals surface area contributed by atoms with Gasteiger partial charge in [0.15, 0.2) is 5.65 Å². The number of methoxy groups -OCH3 is 1. The van der Waals surface area contributed by atoms with Gasteiger partial charge in [-0.25, -0.2) is 9.50 Å². The number of benzene rings is 1. The van der Waals surface area contributed by atoms with Gasteiger partial charge in [-0.15, -0.1) is 0 Å². The molecule has 0 radical (unpaired) electrons. The van der Waals surface area contributed by atoms with Crippen molar-refractivity contribution in [3.8, 4) is 5.75 Å². The Kier molecular flexibility index (Phi) is 5.49. The highest BCUT2D eigenvalue weighted by atomic mass is 16.5. The second kappa shape index (κ2) is 8.21. The number of nitrogens with zero attached hydrogens (tertiary/aromatic N) is 4. The molecule has 1 aromatic carbocycles. The third-order valence-corrected chi connectivity index (χ3v) is 5.56. The first kappa shape index (κ1) is 19.4. The third-order valence-electron chi connectivity index (χ3n) is 5.56. The number of carbonyl (C=O) groups is 1. The maximum absolute atomic E-state index is 13.0. The minimum atomic E-state index is -0.143. The second-order valence-electron chi connectivity index (χ2n) is 7.57. The van der Waals surface area contributed by atoms with Crippen molar-refractivity contribution >= 4 is 11.6 Å². The summed E-state index contributed by atoms with van der Waals surface area (Å²) >= 11 is 0. The Morgan fingerprint density at radius 1 is 1.21 bits per heavy atom. The fraction of sp³-hybridized carbons (Fsp3) is 0.409. The summed E-state index contributed by atoms with van der Waals surface area (Å²) in [5.41, 5.74) is 4.11. The lowest BCUT2D eigenvalue weighted by molar-refractivity contribution is 0.0939. The summed E-state index contributed by atoms with van der Waals surface area (Å²) in [6.07, 6.45) is 3.98. The first-order valence-corrected chi connectivity index (χ1v) is 10.0. The number of fused-ring (bicyclic) bond motifs is 1. The van der Waals surface area contributed by atoms with E-state index in [2.05, 4.69) is 32.4 Å². The second-order valence-corrected chi connectivity index (χ2v) is 7.57. The van der Waals surface area contributed by atoms with E-state index >= 15 is 0 Å². The molecular formula is C22H27N5O2. The van der Waals surface area contributed by atoms with Crippen molar-refractivity contribution in [3.05, 3.63) is 59.0 Å². The molecule has 4 rings (SSSR count). The number of carbonyl (C=O) groups excluding carboxylic acids is 1. The maximum atomic E-state index is 13.0. The first-order valence-electron chi connectivity index (χ1n) is 10.0. The number of hydrogen-bond donors (Lipinski definition) is 1. The first-order chi connectivity index (χ1) is 14.1. The highest BCUT2D eigenvalue weighted by Gasteiger charge is 2.25. The van der Waals surface area contributed by atoms with E-state index in [9.17, 15) is 4.79 Å². The van der Waals surface area contributed by atoms with Gasteiger partial charge < -0.3 is 10.1 Å². The summed E-state index contributed by atoms with van der Waals surface area (Å²) < 4.78 is 6.99. The summed E-state index contributed by atoms with van der Waals surface area (Å²) in [7, 11) is 1.67. The van der Waals surface area contributed by atoms with Crippen LogP contribution in [0.4, 0.5) is 0 Å². The molecule has 0 unspecified atom stereocenters. The molecule has 152 valence electrons. The Morgan fingerprint density at radius 2 is 1.93 bits per heavy atom. The molecule has 0 bridgehead atoms. The van der Waals surface area contributed by atoms with Crippen molar-refractivity contribution in [2.45, 2.75) is 32.7 Å². The summed E-state index contributed by atoms with van der Waals surface area (Å²) in [4.78, 5) is 19.9. The van der Waals surface area contributed by atoms with Gasteiger partial charge in [0, 0.05) is 17.9 Å². The predicted octanol–water partition coefficient (Wildman–Crippen LogP) is 2.92. The van der Waals surface area contributed by atoms with E-state index in [1.165, 1.54) is 18.4 Å². The van der Waals surface area contributed by atoms with Gasteiger partial charge in [-0.3, -0.25) is 9.69 Å². The number of ether oxygens (including phenoxy) is 1. The zero-order valence-corrected chi connectivity index (χ0v) is 17.2. The molecule has 1 atom stereocenters. The molecule has 1 fully saturated rings. The summed E-state index contributed by atoms with van der Waals surface area (Å²) in [5, 5.41) is 7.45. The third kappa shape index (κ3) is 3.96. The number of hydrogen-bond acceptors (Lipinski definition) is 5. The van der Waals surface area contributed by atoms with E-state index in [4.69, 9.17) is 4.74 Å². The Labute approximate surface area is 170 Å². The minimum absolute atomic E-state index is 0.130. The van der Waals surface area contributed by atoms with Gasteiger partial charge in [0.05, 0.1) is 19.3 Å². The molecule has 1 aliphatic rings. The molecule has 1 N–H and O–H groups in total. The van der Waals surface area contributed by atoms with Gasteiger partial charge in [0.25, 0.3) is 5.91 Å². The Hall–Kier alpha value is -2.93. The van der Waals surface area contributed by atoms with Crippen LogP contribution in [0.25, 0.3) is 5.65 Å². The maximum Gasteiger partial charge on any atom is 0.256 e. The van der Waals surface area contributed by atoms with Crippen molar-refractivity contribution in [3.63, 3.8) is 0 Å². The van der Waals surface area contributed by atoms with Gasteiger partial charge >= 0.3 is 0 Å². The van der Waals surface area contributed by atoms with E-state index in [-0.39, 0.29) is 11.9 Å². The van der Waals surface area contributed by atoms with Crippen LogP contribution in [0.3, 0.4) is 0 Å². The normalized spacial score (nSPS) is 15.6. The van der Waals surface area contributed by atoms with Gasteiger partial charge in [-0.1, -0.05) is 12.1 Å². The predicted molar refractivity (Wildman–Crippen MR) is 111 cm³/mol. The fourth-order valence-electron chi connectivity index (χ4n) is 4.05. The monoisotopic (exact) mass is 393 g/mol. The SMILES string of the molecule is COc1ccc([C@@H](CNC(=O)c2cnn3c(C)cc(C)nc23)N2CCCC2)cc1. The van der Waals surface area contributed by atoms with Gasteiger partial charge in [0.1, 0.15) is 11.3 Å². The average molecular weight is 393 g/mol. The molecule has 3 heterocycles. The molecule has 0 spiro atoms. The number of amides is 1. The van der Waals surface area contributed by atoms with Crippen LogP contribution in [0, 0.1) is 13.8 Å². The van der Waals surface area contributed by atoms with Crippen LogP contribution in [0.2, 0.25) is 0 Å². The Bertz CT molecular complexity index is 1010. The van der Waals surface area contributed by atoms with Crippen LogP contribution in [0.15, 0.2) is 36.5 Å². The molecule has 7 heteroatoms. The van der Waals surface area contributed by atoms with Crippen LogP contribution in [0.5, 0.6) is 5.75 Å². The lowest BCUT2D eigenvalue weighted by Crippen LogP contribution is -2.36. The van der Waals surface area contributed by atoms with Crippen LogP contribution < -0.4 is 10.1 Å². The number of likely N-dealkylation sites (tertiary alicyclic amines) is 1. The zero-order valence-electron chi connectivity index (χ0n) is 17.2. The lowest BCUT2D eigenvalue weighted by atomic mass is 10.0. The quantitative estimate of drug-likeness (QED) is 0.697. The molecule has 1 aliphatic heterocycles. The smallest absolute Gasteiger partial charge is 0.256 e. The van der Waals surface area contributed by atoms with E-state index in [1.807, 2.05) is 32.0 Å². The molecule has 2 aromatic heterocycles. The molecule has 0 saturated carbocycles. The van der Waals surface area contributed by atoms with Crippen LogP contribution in [-0.4, -0.2) is 52.1 Å². The van der Waals surface area contributed by atoms with Crippen molar-refractivity contribution in [2.75, 3.05) is 26.7 Å². The summed E-state index contributed by atoms with van der Waals surface area (Å²) in [6.45, 7) is 6.51. The van der Waals surface area contributed by atoms with Gasteiger partial charge in [0.2, 0.25) is 0 Å². The van der Waals surface area contributed by atoms with Crippen LogP contribution >= 0.6 is 0 Å². The van der Waals surface area contributed by atoms with E-state index in [0.717, 1.165) is 30.2 Å². The van der Waals surface area contributed by atoms with Gasteiger partial charge in [-0.2, -0.15) is 5.10 Å². The summed E-state index contributed by atoms with van der Waals surface area (Å²) in [6, 6.07) is 10.2. The number of nitrogens with one attached hydrogen (secondary N) is 1. The van der Waals surface area contributed by atoms with E-state index in [1.54, 1.807) is 17.8 Å². The highest BCUT2D eigenvalue weighted by Crippen LogP contribution is 2.26. The number of aryl methyl sites for hydroxylation is 2. The largest absolute Gasteiger partial charge is 0.497 e. The molecular weight excluding hydrogens is 366 g/mol. The number of rotatable bonds is 6. The average Bonchev–Trinajstić information content (AvgIpc) is 3.39. The Morgan fingerprint density at radius 3 is 2.62 bits per heavy atom.